The van der Waals surface area contributed by atoms with Crippen molar-refractivity contribution < 1.29 is 8.42 Å². The van der Waals surface area contributed by atoms with Crippen molar-refractivity contribution >= 4 is 33.2 Å². The number of sulfonamides is 1. The number of hydrogen-bond acceptors (Lipinski definition) is 3. The van der Waals surface area contributed by atoms with Gasteiger partial charge in [0, 0.05) is 25.2 Å². The summed E-state index contributed by atoms with van der Waals surface area (Å²) < 4.78 is 26.4. The van der Waals surface area contributed by atoms with E-state index in [1.54, 1.807) is 0 Å². The molecular weight excluding hydrogens is 319 g/mol. The van der Waals surface area contributed by atoms with Crippen LogP contribution in [0.5, 0.6) is 0 Å². The van der Waals surface area contributed by atoms with Crippen molar-refractivity contribution in [2.45, 2.75) is 32.2 Å². The van der Waals surface area contributed by atoms with Crippen LogP contribution in [0.25, 0.3) is 0 Å². The molecule has 20 heavy (non-hydrogen) atoms. The fourth-order valence-corrected chi connectivity index (χ4v) is 4.09. The van der Waals surface area contributed by atoms with Crippen molar-refractivity contribution in [1.82, 2.24) is 4.31 Å². The molecule has 0 saturated carbocycles. The Morgan fingerprint density at radius 2 is 1.75 bits per heavy atom. The Kier molecular flexibility index (Phi) is 5.49. The summed E-state index contributed by atoms with van der Waals surface area (Å²) in [7, 11) is -2.13. The third kappa shape index (κ3) is 4.09. The lowest BCUT2D eigenvalue weighted by Gasteiger charge is -2.26. The number of halogens is 2. The molecule has 0 aliphatic heterocycles. The molecule has 0 aliphatic rings. The van der Waals surface area contributed by atoms with Crippen molar-refractivity contribution in [3.63, 3.8) is 0 Å². The molecule has 0 spiro atoms. The first-order valence-corrected chi connectivity index (χ1v) is 8.33. The third-order valence-electron chi connectivity index (χ3n) is 2.71. The van der Waals surface area contributed by atoms with E-state index in [1.165, 1.54) is 23.5 Å². The van der Waals surface area contributed by atoms with Gasteiger partial charge in [-0.1, -0.05) is 44.0 Å². The lowest BCUT2D eigenvalue weighted by atomic mass is 9.97. The lowest BCUT2D eigenvalue weighted by molar-refractivity contribution is 0.311. The van der Waals surface area contributed by atoms with Crippen LogP contribution in [0.15, 0.2) is 17.0 Å². The summed E-state index contributed by atoms with van der Waals surface area (Å²) in [6, 6.07) is 2.86. The van der Waals surface area contributed by atoms with Gasteiger partial charge in [-0.3, -0.25) is 0 Å². The zero-order chi connectivity index (χ0) is 15.7. The smallest absolute Gasteiger partial charge is 0.244 e. The monoisotopic (exact) mass is 338 g/mol. The van der Waals surface area contributed by atoms with Gasteiger partial charge in [-0.25, -0.2) is 12.7 Å². The highest BCUT2D eigenvalue weighted by Crippen LogP contribution is 2.31. The van der Waals surface area contributed by atoms with Gasteiger partial charge in [0.05, 0.1) is 5.02 Å². The minimum atomic E-state index is -3.67. The van der Waals surface area contributed by atoms with Gasteiger partial charge >= 0.3 is 0 Å². The average molecular weight is 339 g/mol. The molecule has 0 amide bonds. The Bertz CT molecular complexity index is 595. The van der Waals surface area contributed by atoms with Crippen LogP contribution in [-0.4, -0.2) is 26.3 Å². The van der Waals surface area contributed by atoms with E-state index in [0.29, 0.717) is 17.1 Å². The minimum absolute atomic E-state index is 0.0377. The molecule has 1 aromatic rings. The quantitative estimate of drug-likeness (QED) is 0.917. The van der Waals surface area contributed by atoms with Gasteiger partial charge < -0.3 is 5.73 Å². The van der Waals surface area contributed by atoms with Crippen LogP contribution in [0.1, 0.15) is 26.3 Å². The first kappa shape index (κ1) is 17.7. The number of hydrogen-bond donors (Lipinski definition) is 1. The number of rotatable bonds is 4. The van der Waals surface area contributed by atoms with Crippen molar-refractivity contribution in [3.8, 4) is 0 Å². The zero-order valence-electron chi connectivity index (χ0n) is 12.1. The summed E-state index contributed by atoms with van der Waals surface area (Å²) >= 11 is 12.0. The second-order valence-electron chi connectivity index (χ2n) is 5.90. The molecule has 0 saturated heterocycles. The van der Waals surface area contributed by atoms with Crippen LogP contribution >= 0.6 is 23.2 Å². The molecule has 0 radical (unpaired) electrons. The average Bonchev–Trinajstić information content (AvgIpc) is 2.26. The molecule has 1 aromatic carbocycles. The predicted molar refractivity (Wildman–Crippen MR) is 83.6 cm³/mol. The van der Waals surface area contributed by atoms with Crippen LogP contribution in [0.2, 0.25) is 10.0 Å². The van der Waals surface area contributed by atoms with Crippen LogP contribution in [0.3, 0.4) is 0 Å². The van der Waals surface area contributed by atoms with Crippen molar-refractivity contribution in [2.24, 2.45) is 11.1 Å². The van der Waals surface area contributed by atoms with E-state index < -0.39 is 10.0 Å². The molecule has 0 atom stereocenters. The molecule has 0 unspecified atom stereocenters. The van der Waals surface area contributed by atoms with Gasteiger partial charge in [0.1, 0.15) is 4.90 Å². The third-order valence-corrected chi connectivity index (χ3v) is 5.33. The maximum absolute atomic E-state index is 12.6. The Morgan fingerprint density at radius 3 is 2.20 bits per heavy atom. The van der Waals surface area contributed by atoms with Crippen LogP contribution in [0.4, 0.5) is 0 Å². The maximum Gasteiger partial charge on any atom is 0.244 e. The van der Waals surface area contributed by atoms with E-state index in [-0.39, 0.29) is 21.9 Å². The van der Waals surface area contributed by atoms with E-state index in [0.717, 1.165) is 0 Å². The van der Waals surface area contributed by atoms with Crippen molar-refractivity contribution in [3.05, 3.63) is 27.7 Å². The summed E-state index contributed by atoms with van der Waals surface area (Å²) in [4.78, 5) is 0.0377. The van der Waals surface area contributed by atoms with E-state index in [1.807, 2.05) is 20.8 Å². The van der Waals surface area contributed by atoms with Crippen molar-refractivity contribution in [2.75, 3.05) is 13.6 Å². The van der Waals surface area contributed by atoms with Gasteiger partial charge in [-0.15, -0.1) is 0 Å². The van der Waals surface area contributed by atoms with E-state index in [9.17, 15) is 8.42 Å². The molecule has 114 valence electrons. The second kappa shape index (κ2) is 6.20. The second-order valence-corrected chi connectivity index (χ2v) is 8.73. The molecule has 0 bridgehead atoms. The standard InChI is InChI=1S/C13H20Cl2N2O2S/c1-13(2,3)8-17(4)20(18,19)12-5-9(7-16)10(14)6-11(12)15/h5-6H,7-8,16H2,1-4H3. The summed E-state index contributed by atoms with van der Waals surface area (Å²) in [6.07, 6.45) is 0. The molecule has 0 fully saturated rings. The SMILES string of the molecule is CN(CC(C)(C)C)S(=O)(=O)c1cc(CN)c(Cl)cc1Cl. The van der Waals surface area contributed by atoms with Gasteiger partial charge in [-0.05, 0) is 23.1 Å². The van der Waals surface area contributed by atoms with Gasteiger partial charge in [0.2, 0.25) is 10.0 Å². The summed E-state index contributed by atoms with van der Waals surface area (Å²) in [5, 5.41) is 0.475. The zero-order valence-corrected chi connectivity index (χ0v) is 14.4. The molecule has 0 aromatic heterocycles. The summed E-state index contributed by atoms with van der Waals surface area (Å²) in [6.45, 7) is 6.43. The molecule has 0 heterocycles. The number of nitrogens with two attached hydrogens (primary N) is 1. The van der Waals surface area contributed by atoms with Crippen molar-refractivity contribution in [1.29, 1.82) is 0 Å². The first-order valence-electron chi connectivity index (χ1n) is 6.13. The largest absolute Gasteiger partial charge is 0.326 e. The van der Waals surface area contributed by atoms with E-state index >= 15 is 0 Å². The van der Waals surface area contributed by atoms with Crippen LogP contribution < -0.4 is 5.73 Å². The van der Waals surface area contributed by atoms with E-state index in [4.69, 9.17) is 28.9 Å². The molecule has 1 rings (SSSR count). The lowest BCUT2D eigenvalue weighted by Crippen LogP contribution is -2.34. The van der Waals surface area contributed by atoms with Crippen LogP contribution in [-0.2, 0) is 16.6 Å². The Morgan fingerprint density at radius 1 is 1.20 bits per heavy atom. The molecule has 7 heteroatoms. The molecular formula is C13H20Cl2N2O2S. The normalized spacial score (nSPS) is 13.0. The highest BCUT2D eigenvalue weighted by Gasteiger charge is 2.28. The van der Waals surface area contributed by atoms with Gasteiger partial charge in [-0.2, -0.15) is 0 Å². The summed E-state index contributed by atoms with van der Waals surface area (Å²) in [5.41, 5.74) is 5.95. The number of nitrogens with zero attached hydrogens (tertiary/aromatic N) is 1. The first-order chi connectivity index (χ1) is 8.99. The Labute approximate surface area is 130 Å². The Hall–Kier alpha value is -0.330. The van der Waals surface area contributed by atoms with Gasteiger partial charge in [0.15, 0.2) is 0 Å². The maximum atomic E-state index is 12.6. The molecule has 2 N–H and O–H groups in total. The van der Waals surface area contributed by atoms with E-state index in [2.05, 4.69) is 0 Å². The summed E-state index contributed by atoms with van der Waals surface area (Å²) in [5.74, 6) is 0. The molecule has 4 nitrogen and oxygen atoms in total. The number of benzene rings is 1. The highest BCUT2D eigenvalue weighted by molar-refractivity contribution is 7.89. The highest BCUT2D eigenvalue weighted by atomic mass is 35.5. The minimum Gasteiger partial charge on any atom is -0.326 e. The van der Waals surface area contributed by atoms with Gasteiger partial charge in [0.25, 0.3) is 0 Å². The fourth-order valence-electron chi connectivity index (χ4n) is 1.85. The fraction of sp³-hybridized carbons (Fsp3) is 0.538. The Balaban J connectivity index is 3.29. The topological polar surface area (TPSA) is 63.4 Å². The van der Waals surface area contributed by atoms with Crippen LogP contribution in [0, 0.1) is 5.41 Å². The predicted octanol–water partition coefficient (Wildman–Crippen LogP) is 3.12. The molecule has 0 aliphatic carbocycles.